The molecule has 1 saturated carbocycles. The first kappa shape index (κ1) is 15.0. The summed E-state index contributed by atoms with van der Waals surface area (Å²) < 4.78 is 7.01. The minimum Gasteiger partial charge on any atom is -0.461 e. The first-order chi connectivity index (χ1) is 9.43. The molecule has 1 heterocycles. The summed E-state index contributed by atoms with van der Waals surface area (Å²) >= 11 is 0. The molecule has 1 aromatic rings. The lowest BCUT2D eigenvalue weighted by atomic mass is 9.90. The Morgan fingerprint density at radius 1 is 1.35 bits per heavy atom. The quantitative estimate of drug-likeness (QED) is 0.795. The molecule has 0 aliphatic heterocycles. The van der Waals surface area contributed by atoms with E-state index in [2.05, 4.69) is 31.1 Å². The molecule has 112 valence electrons. The van der Waals surface area contributed by atoms with Crippen molar-refractivity contribution in [3.05, 3.63) is 11.4 Å². The summed E-state index contributed by atoms with van der Waals surface area (Å²) in [6.45, 7) is 9.27. The first-order valence-electron chi connectivity index (χ1n) is 7.54. The molecule has 0 bridgehead atoms. The zero-order chi connectivity index (χ0) is 14.8. The molecular formula is C15H25N3O2. The van der Waals surface area contributed by atoms with E-state index in [1.165, 1.54) is 25.7 Å². The second kappa shape index (κ2) is 5.94. The van der Waals surface area contributed by atoms with Crippen LogP contribution in [0.15, 0.2) is 0 Å². The van der Waals surface area contributed by atoms with Crippen LogP contribution in [0.5, 0.6) is 0 Å². The van der Waals surface area contributed by atoms with Crippen molar-refractivity contribution >= 4 is 5.97 Å². The van der Waals surface area contributed by atoms with E-state index in [9.17, 15) is 4.79 Å². The molecule has 0 atom stereocenters. The smallest absolute Gasteiger partial charge is 0.360 e. The molecule has 5 heteroatoms. The normalized spacial score (nSPS) is 16.6. The highest BCUT2D eigenvalue weighted by molar-refractivity contribution is 5.88. The molecule has 0 N–H and O–H groups in total. The van der Waals surface area contributed by atoms with Crippen molar-refractivity contribution in [1.82, 2.24) is 15.0 Å². The molecule has 0 saturated heterocycles. The molecule has 20 heavy (non-hydrogen) atoms. The van der Waals surface area contributed by atoms with Crippen LogP contribution >= 0.6 is 0 Å². The van der Waals surface area contributed by atoms with Crippen molar-refractivity contribution in [1.29, 1.82) is 0 Å². The summed E-state index contributed by atoms with van der Waals surface area (Å²) in [7, 11) is 0. The SMILES string of the molecule is CCOC(=O)c1nnn(CC2CCCC2)c1C(C)(C)C. The van der Waals surface area contributed by atoms with Gasteiger partial charge in [-0.1, -0.05) is 38.8 Å². The minimum absolute atomic E-state index is 0.176. The average Bonchev–Trinajstić information content (AvgIpc) is 2.98. The monoisotopic (exact) mass is 279 g/mol. The van der Waals surface area contributed by atoms with E-state index in [1.54, 1.807) is 6.92 Å². The fourth-order valence-electron chi connectivity index (χ4n) is 2.96. The van der Waals surface area contributed by atoms with Crippen molar-refractivity contribution in [3.63, 3.8) is 0 Å². The van der Waals surface area contributed by atoms with Crippen LogP contribution in [-0.2, 0) is 16.7 Å². The van der Waals surface area contributed by atoms with Crippen LogP contribution in [0.2, 0.25) is 0 Å². The Balaban J connectivity index is 2.29. The lowest BCUT2D eigenvalue weighted by Gasteiger charge is -2.22. The molecule has 1 aromatic heterocycles. The number of ether oxygens (including phenoxy) is 1. The van der Waals surface area contributed by atoms with Crippen LogP contribution in [0.3, 0.4) is 0 Å². The summed E-state index contributed by atoms with van der Waals surface area (Å²) in [5, 5.41) is 8.30. The van der Waals surface area contributed by atoms with E-state index in [-0.39, 0.29) is 11.4 Å². The van der Waals surface area contributed by atoms with Crippen LogP contribution in [0.1, 0.15) is 69.6 Å². The summed E-state index contributed by atoms with van der Waals surface area (Å²) in [5.74, 6) is 0.294. The topological polar surface area (TPSA) is 57.0 Å². The summed E-state index contributed by atoms with van der Waals surface area (Å²) in [5.41, 5.74) is 1.09. The van der Waals surface area contributed by atoms with Gasteiger partial charge in [-0.2, -0.15) is 0 Å². The van der Waals surface area contributed by atoms with Crippen LogP contribution in [0, 0.1) is 5.92 Å². The van der Waals surface area contributed by atoms with Crippen LogP contribution < -0.4 is 0 Å². The highest BCUT2D eigenvalue weighted by atomic mass is 16.5. The fraction of sp³-hybridized carbons (Fsp3) is 0.800. The van der Waals surface area contributed by atoms with Gasteiger partial charge in [-0.05, 0) is 25.7 Å². The van der Waals surface area contributed by atoms with Crippen molar-refractivity contribution in [2.24, 2.45) is 5.92 Å². The number of aromatic nitrogens is 3. The second-order valence-corrected chi connectivity index (χ2v) is 6.59. The number of hydrogen-bond acceptors (Lipinski definition) is 4. The zero-order valence-corrected chi connectivity index (χ0v) is 13.0. The summed E-state index contributed by atoms with van der Waals surface area (Å²) in [6.07, 6.45) is 5.10. The number of rotatable bonds is 4. The molecule has 0 unspecified atom stereocenters. The highest BCUT2D eigenvalue weighted by Crippen LogP contribution is 2.30. The number of nitrogens with zero attached hydrogens (tertiary/aromatic N) is 3. The van der Waals surface area contributed by atoms with Gasteiger partial charge in [0, 0.05) is 12.0 Å². The summed E-state index contributed by atoms with van der Waals surface area (Å²) in [6, 6.07) is 0. The predicted molar refractivity (Wildman–Crippen MR) is 76.6 cm³/mol. The van der Waals surface area contributed by atoms with Gasteiger partial charge in [-0.25, -0.2) is 9.48 Å². The van der Waals surface area contributed by atoms with Crippen LogP contribution in [0.4, 0.5) is 0 Å². The molecular weight excluding hydrogens is 254 g/mol. The zero-order valence-electron chi connectivity index (χ0n) is 13.0. The van der Waals surface area contributed by atoms with Crippen LogP contribution in [0.25, 0.3) is 0 Å². The van der Waals surface area contributed by atoms with Gasteiger partial charge in [-0.15, -0.1) is 5.10 Å². The summed E-state index contributed by atoms with van der Waals surface area (Å²) in [4.78, 5) is 12.0. The molecule has 1 aliphatic carbocycles. The third-order valence-corrected chi connectivity index (χ3v) is 3.82. The molecule has 2 rings (SSSR count). The second-order valence-electron chi connectivity index (χ2n) is 6.59. The number of carbonyl (C=O) groups excluding carboxylic acids is 1. The number of hydrogen-bond donors (Lipinski definition) is 0. The first-order valence-corrected chi connectivity index (χ1v) is 7.54. The lowest BCUT2D eigenvalue weighted by molar-refractivity contribution is 0.0516. The maximum Gasteiger partial charge on any atom is 0.360 e. The third kappa shape index (κ3) is 3.19. The van der Waals surface area contributed by atoms with E-state index in [1.807, 2.05) is 4.68 Å². The molecule has 0 spiro atoms. The Morgan fingerprint density at radius 2 is 2.00 bits per heavy atom. The maximum absolute atomic E-state index is 12.0. The minimum atomic E-state index is -0.366. The van der Waals surface area contributed by atoms with Gasteiger partial charge in [0.1, 0.15) is 0 Å². The van der Waals surface area contributed by atoms with Gasteiger partial charge in [0.2, 0.25) is 0 Å². The molecule has 5 nitrogen and oxygen atoms in total. The Morgan fingerprint density at radius 3 is 2.55 bits per heavy atom. The Bertz CT molecular complexity index is 468. The Hall–Kier alpha value is -1.39. The molecule has 0 radical (unpaired) electrons. The van der Waals surface area contributed by atoms with E-state index >= 15 is 0 Å². The maximum atomic E-state index is 12.0. The van der Waals surface area contributed by atoms with Gasteiger partial charge in [0.05, 0.1) is 12.3 Å². The lowest BCUT2D eigenvalue weighted by Crippen LogP contribution is -2.24. The number of esters is 1. The Kier molecular flexibility index (Phi) is 4.45. The Labute approximate surface area is 120 Å². The van der Waals surface area contributed by atoms with Crippen molar-refractivity contribution < 1.29 is 9.53 Å². The van der Waals surface area contributed by atoms with E-state index < -0.39 is 0 Å². The van der Waals surface area contributed by atoms with E-state index in [4.69, 9.17) is 4.74 Å². The van der Waals surface area contributed by atoms with Crippen molar-refractivity contribution in [3.8, 4) is 0 Å². The van der Waals surface area contributed by atoms with Gasteiger partial charge in [0.15, 0.2) is 5.69 Å². The largest absolute Gasteiger partial charge is 0.461 e. The molecule has 1 aliphatic rings. The standard InChI is InChI=1S/C15H25N3O2/c1-5-20-14(19)12-13(15(2,3)4)18(17-16-12)10-11-8-6-7-9-11/h11H,5-10H2,1-4H3. The predicted octanol–water partition coefficient (Wildman–Crippen LogP) is 2.94. The van der Waals surface area contributed by atoms with Gasteiger partial charge in [-0.3, -0.25) is 0 Å². The van der Waals surface area contributed by atoms with Crippen LogP contribution in [-0.4, -0.2) is 27.6 Å². The van der Waals surface area contributed by atoms with Crippen molar-refractivity contribution in [2.75, 3.05) is 6.61 Å². The molecule has 0 aromatic carbocycles. The van der Waals surface area contributed by atoms with Gasteiger partial charge >= 0.3 is 5.97 Å². The highest BCUT2D eigenvalue weighted by Gasteiger charge is 2.31. The average molecular weight is 279 g/mol. The molecule has 0 amide bonds. The van der Waals surface area contributed by atoms with Gasteiger partial charge in [0.25, 0.3) is 0 Å². The third-order valence-electron chi connectivity index (χ3n) is 3.82. The fourth-order valence-corrected chi connectivity index (χ4v) is 2.96. The van der Waals surface area contributed by atoms with E-state index in [0.29, 0.717) is 18.2 Å². The van der Waals surface area contributed by atoms with E-state index in [0.717, 1.165) is 12.2 Å². The van der Waals surface area contributed by atoms with Gasteiger partial charge < -0.3 is 4.74 Å². The molecule has 1 fully saturated rings. The van der Waals surface area contributed by atoms with Crippen molar-refractivity contribution in [2.45, 2.75) is 65.3 Å². The number of carbonyl (C=O) groups is 1.